The van der Waals surface area contributed by atoms with Crippen molar-refractivity contribution in [1.29, 1.82) is 0 Å². The number of esters is 1. The first-order valence-electron chi connectivity index (χ1n) is 5.99. The Morgan fingerprint density at radius 2 is 2.12 bits per heavy atom. The van der Waals surface area contributed by atoms with E-state index in [1.54, 1.807) is 0 Å². The fourth-order valence-corrected chi connectivity index (χ4v) is 1.90. The number of carbonyl (C=O) groups excluding carboxylic acids is 1. The molecule has 4 nitrogen and oxygen atoms in total. The lowest BCUT2D eigenvalue weighted by Gasteiger charge is -2.30. The zero-order valence-corrected chi connectivity index (χ0v) is 10.5. The maximum absolute atomic E-state index is 11.8. The molecule has 1 aliphatic rings. The summed E-state index contributed by atoms with van der Waals surface area (Å²) in [6.07, 6.45) is 2.55. The number of ether oxygens (including phenoxy) is 1. The number of aliphatic hydroxyl groups excluding tert-OH is 1. The minimum absolute atomic E-state index is 0.0332. The summed E-state index contributed by atoms with van der Waals surface area (Å²) in [5.74, 6) is -0.142. The standard InChI is InChI=1S/C12H23NO3/c1-12(2,3)16-11(15)9-4-5-10(6-7-14)13-8-9/h9-10,13-14H,4-8H2,1-3H3. The first-order chi connectivity index (χ1) is 7.42. The van der Waals surface area contributed by atoms with Crippen LogP contribution in [0.4, 0.5) is 0 Å². The Hall–Kier alpha value is -0.610. The average molecular weight is 229 g/mol. The van der Waals surface area contributed by atoms with Crippen LogP contribution in [0, 0.1) is 5.92 Å². The van der Waals surface area contributed by atoms with Gasteiger partial charge in [-0.05, 0) is 40.0 Å². The number of hydrogen-bond donors (Lipinski definition) is 2. The highest BCUT2D eigenvalue weighted by Gasteiger charge is 2.29. The van der Waals surface area contributed by atoms with E-state index in [1.165, 1.54) is 0 Å². The van der Waals surface area contributed by atoms with Crippen LogP contribution >= 0.6 is 0 Å². The molecule has 0 aromatic heterocycles. The third-order valence-electron chi connectivity index (χ3n) is 2.73. The molecule has 1 fully saturated rings. The predicted molar refractivity (Wildman–Crippen MR) is 62.1 cm³/mol. The SMILES string of the molecule is CC(C)(C)OC(=O)C1CCC(CCO)NC1. The van der Waals surface area contributed by atoms with Crippen LogP contribution in [-0.2, 0) is 9.53 Å². The number of hydrogen-bond acceptors (Lipinski definition) is 4. The first-order valence-corrected chi connectivity index (χ1v) is 5.99. The molecule has 0 spiro atoms. The molecule has 0 aromatic rings. The smallest absolute Gasteiger partial charge is 0.310 e. The Morgan fingerprint density at radius 1 is 1.44 bits per heavy atom. The van der Waals surface area contributed by atoms with Crippen LogP contribution in [-0.4, -0.2) is 35.9 Å². The summed E-state index contributed by atoms with van der Waals surface area (Å²) in [6.45, 7) is 6.52. The van der Waals surface area contributed by atoms with Crippen molar-refractivity contribution in [2.75, 3.05) is 13.2 Å². The van der Waals surface area contributed by atoms with Gasteiger partial charge in [-0.25, -0.2) is 0 Å². The molecule has 0 bridgehead atoms. The third kappa shape index (κ3) is 4.49. The van der Waals surface area contributed by atoms with Gasteiger partial charge in [-0.15, -0.1) is 0 Å². The molecule has 0 aliphatic carbocycles. The van der Waals surface area contributed by atoms with E-state index < -0.39 is 5.60 Å². The van der Waals surface area contributed by atoms with Gasteiger partial charge in [0.1, 0.15) is 5.60 Å². The Labute approximate surface area is 97.4 Å². The molecular weight excluding hydrogens is 206 g/mol. The zero-order valence-electron chi connectivity index (χ0n) is 10.5. The minimum atomic E-state index is -0.404. The van der Waals surface area contributed by atoms with E-state index in [1.807, 2.05) is 20.8 Å². The summed E-state index contributed by atoms with van der Waals surface area (Å²) in [6, 6.07) is 0.351. The Morgan fingerprint density at radius 3 is 2.56 bits per heavy atom. The molecular formula is C12H23NO3. The summed E-state index contributed by atoms with van der Waals surface area (Å²) in [5.41, 5.74) is -0.404. The summed E-state index contributed by atoms with van der Waals surface area (Å²) in [7, 11) is 0. The second-order valence-electron chi connectivity index (χ2n) is 5.43. The van der Waals surface area contributed by atoms with Crippen molar-refractivity contribution in [3.05, 3.63) is 0 Å². The highest BCUT2D eigenvalue weighted by molar-refractivity contribution is 5.73. The number of carbonyl (C=O) groups is 1. The van der Waals surface area contributed by atoms with Crippen LogP contribution in [0.15, 0.2) is 0 Å². The number of rotatable bonds is 3. The molecule has 16 heavy (non-hydrogen) atoms. The number of nitrogens with one attached hydrogen (secondary N) is 1. The molecule has 0 saturated carbocycles. The highest BCUT2D eigenvalue weighted by atomic mass is 16.6. The van der Waals surface area contributed by atoms with Crippen molar-refractivity contribution in [3.63, 3.8) is 0 Å². The van der Waals surface area contributed by atoms with E-state index in [-0.39, 0.29) is 18.5 Å². The molecule has 0 radical (unpaired) electrons. The largest absolute Gasteiger partial charge is 0.460 e. The van der Waals surface area contributed by atoms with Gasteiger partial charge >= 0.3 is 5.97 Å². The van der Waals surface area contributed by atoms with Gasteiger partial charge in [-0.1, -0.05) is 0 Å². The van der Waals surface area contributed by atoms with E-state index in [0.29, 0.717) is 12.6 Å². The normalized spacial score (nSPS) is 26.5. The molecule has 94 valence electrons. The van der Waals surface area contributed by atoms with Crippen molar-refractivity contribution in [3.8, 4) is 0 Å². The van der Waals surface area contributed by atoms with Crippen LogP contribution in [0.25, 0.3) is 0 Å². The average Bonchev–Trinajstić information content (AvgIpc) is 2.16. The summed E-state index contributed by atoms with van der Waals surface area (Å²) in [4.78, 5) is 11.8. The summed E-state index contributed by atoms with van der Waals surface area (Å²) in [5, 5.41) is 12.1. The molecule has 0 amide bonds. The lowest BCUT2D eigenvalue weighted by Crippen LogP contribution is -2.43. The molecule has 1 saturated heterocycles. The van der Waals surface area contributed by atoms with Crippen molar-refractivity contribution in [2.45, 2.75) is 51.7 Å². The maximum atomic E-state index is 11.8. The van der Waals surface area contributed by atoms with Gasteiger partial charge in [0.15, 0.2) is 0 Å². The van der Waals surface area contributed by atoms with Gasteiger partial charge in [0.05, 0.1) is 5.92 Å². The molecule has 1 rings (SSSR count). The fraction of sp³-hybridized carbons (Fsp3) is 0.917. The Balaban J connectivity index is 2.33. The van der Waals surface area contributed by atoms with Crippen molar-refractivity contribution in [1.82, 2.24) is 5.32 Å². The molecule has 0 aromatic carbocycles. The van der Waals surface area contributed by atoms with Gasteiger partial charge in [-0.2, -0.15) is 0 Å². The van der Waals surface area contributed by atoms with E-state index in [0.717, 1.165) is 19.3 Å². The van der Waals surface area contributed by atoms with Crippen LogP contribution in [0.5, 0.6) is 0 Å². The van der Waals surface area contributed by atoms with Crippen LogP contribution in [0.1, 0.15) is 40.0 Å². The fourth-order valence-electron chi connectivity index (χ4n) is 1.90. The molecule has 2 atom stereocenters. The minimum Gasteiger partial charge on any atom is -0.460 e. The zero-order chi connectivity index (χ0) is 12.2. The Bertz CT molecular complexity index is 227. The molecule has 1 aliphatic heterocycles. The number of aliphatic hydroxyl groups is 1. The van der Waals surface area contributed by atoms with E-state index in [2.05, 4.69) is 5.32 Å². The van der Waals surface area contributed by atoms with Crippen LogP contribution in [0.2, 0.25) is 0 Å². The van der Waals surface area contributed by atoms with Crippen LogP contribution in [0.3, 0.4) is 0 Å². The third-order valence-corrected chi connectivity index (χ3v) is 2.73. The second-order valence-corrected chi connectivity index (χ2v) is 5.43. The quantitative estimate of drug-likeness (QED) is 0.711. The van der Waals surface area contributed by atoms with E-state index in [4.69, 9.17) is 9.84 Å². The van der Waals surface area contributed by atoms with Crippen molar-refractivity contribution < 1.29 is 14.6 Å². The molecule has 2 N–H and O–H groups in total. The second kappa shape index (κ2) is 5.64. The predicted octanol–water partition coefficient (Wildman–Crippen LogP) is 1.08. The van der Waals surface area contributed by atoms with Gasteiger partial charge in [0.2, 0.25) is 0 Å². The number of piperidine rings is 1. The first kappa shape index (κ1) is 13.5. The van der Waals surface area contributed by atoms with Crippen LogP contribution < -0.4 is 5.32 Å². The molecule has 2 unspecified atom stereocenters. The van der Waals surface area contributed by atoms with E-state index in [9.17, 15) is 4.79 Å². The highest BCUT2D eigenvalue weighted by Crippen LogP contribution is 2.20. The van der Waals surface area contributed by atoms with Crippen molar-refractivity contribution >= 4 is 5.97 Å². The molecule has 4 heteroatoms. The lowest BCUT2D eigenvalue weighted by molar-refractivity contribution is -0.160. The van der Waals surface area contributed by atoms with Gasteiger partial charge in [0.25, 0.3) is 0 Å². The Kier molecular flexibility index (Phi) is 4.74. The van der Waals surface area contributed by atoms with Gasteiger partial charge < -0.3 is 15.2 Å². The van der Waals surface area contributed by atoms with Gasteiger partial charge in [0, 0.05) is 19.2 Å². The van der Waals surface area contributed by atoms with E-state index >= 15 is 0 Å². The monoisotopic (exact) mass is 229 g/mol. The summed E-state index contributed by atoms with van der Waals surface area (Å²) < 4.78 is 5.34. The topological polar surface area (TPSA) is 58.6 Å². The summed E-state index contributed by atoms with van der Waals surface area (Å²) >= 11 is 0. The lowest BCUT2D eigenvalue weighted by atomic mass is 9.93. The maximum Gasteiger partial charge on any atom is 0.310 e. The van der Waals surface area contributed by atoms with Crippen molar-refractivity contribution in [2.24, 2.45) is 5.92 Å². The van der Waals surface area contributed by atoms with Gasteiger partial charge in [-0.3, -0.25) is 4.79 Å². The molecule has 1 heterocycles.